The van der Waals surface area contributed by atoms with E-state index < -0.39 is 0 Å². The molecule has 8 rings (SSSR count). The van der Waals surface area contributed by atoms with Crippen LogP contribution in [-0.4, -0.2) is 14.4 Å². The summed E-state index contributed by atoms with van der Waals surface area (Å²) in [6.45, 7) is 0. The number of rotatable bonds is 0. The van der Waals surface area contributed by atoms with E-state index in [9.17, 15) is 0 Å². The van der Waals surface area contributed by atoms with Crippen LogP contribution in [0.3, 0.4) is 0 Å². The Morgan fingerprint density at radius 2 is 1.39 bits per heavy atom. The van der Waals surface area contributed by atoms with Crippen molar-refractivity contribution in [3.63, 3.8) is 0 Å². The maximum absolute atomic E-state index is 4.61. The second-order valence-corrected chi connectivity index (χ2v) is 10.1. The minimum absolute atomic E-state index is 0.961. The summed E-state index contributed by atoms with van der Waals surface area (Å²) in [5.74, 6) is 0. The van der Waals surface area contributed by atoms with E-state index in [2.05, 4.69) is 69.0 Å². The summed E-state index contributed by atoms with van der Waals surface area (Å²) in [6.07, 6.45) is 7.71. The number of thiophene rings is 2. The molecule has 0 spiro atoms. The number of nitrogens with zero attached hydrogens (tertiary/aromatic N) is 3. The monoisotopic (exact) mass is 431 g/mol. The van der Waals surface area contributed by atoms with Crippen LogP contribution in [0.1, 0.15) is 0 Å². The smallest absolute Gasteiger partial charge is 0.146 e. The van der Waals surface area contributed by atoms with Crippen molar-refractivity contribution >= 4 is 90.3 Å². The summed E-state index contributed by atoms with van der Waals surface area (Å²) >= 11 is 3.76. The molecule has 0 aliphatic carbocycles. The number of aromatic nitrogens is 3. The van der Waals surface area contributed by atoms with E-state index in [1.165, 1.54) is 56.6 Å². The van der Waals surface area contributed by atoms with Crippen molar-refractivity contribution in [3.8, 4) is 0 Å². The molecule has 5 aromatic heterocycles. The molecule has 0 fully saturated rings. The second kappa shape index (κ2) is 5.58. The molecule has 0 aliphatic heterocycles. The van der Waals surface area contributed by atoms with Gasteiger partial charge < -0.3 is 0 Å². The molecule has 3 nitrogen and oxygen atoms in total. The molecule has 0 aliphatic rings. The van der Waals surface area contributed by atoms with Crippen molar-refractivity contribution < 1.29 is 0 Å². The molecular formula is C26H13N3S2. The largest absolute Gasteiger partial charge is 0.299 e. The van der Waals surface area contributed by atoms with Crippen LogP contribution in [-0.2, 0) is 0 Å². The lowest BCUT2D eigenvalue weighted by Gasteiger charge is -2.08. The highest BCUT2D eigenvalue weighted by molar-refractivity contribution is 7.27. The number of hydrogen-bond acceptors (Lipinski definition) is 4. The first-order chi connectivity index (χ1) is 15.3. The quantitative estimate of drug-likeness (QED) is 0.230. The predicted molar refractivity (Wildman–Crippen MR) is 134 cm³/mol. The van der Waals surface area contributed by atoms with Crippen molar-refractivity contribution in [2.75, 3.05) is 0 Å². The van der Waals surface area contributed by atoms with Gasteiger partial charge in [0.2, 0.25) is 0 Å². The van der Waals surface area contributed by atoms with Gasteiger partial charge in [0.25, 0.3) is 0 Å². The van der Waals surface area contributed by atoms with Crippen LogP contribution in [0.5, 0.6) is 0 Å². The molecule has 0 N–H and O–H groups in total. The Morgan fingerprint density at radius 1 is 0.613 bits per heavy atom. The van der Waals surface area contributed by atoms with Gasteiger partial charge >= 0.3 is 0 Å². The number of pyridine rings is 2. The summed E-state index contributed by atoms with van der Waals surface area (Å²) in [5, 5.41) is 8.91. The summed E-state index contributed by atoms with van der Waals surface area (Å²) in [4.78, 5) is 8.96. The van der Waals surface area contributed by atoms with Crippen molar-refractivity contribution in [3.05, 3.63) is 79.4 Å². The topological polar surface area (TPSA) is 30.2 Å². The average Bonchev–Trinajstić information content (AvgIpc) is 3.51. The zero-order valence-corrected chi connectivity index (χ0v) is 17.8. The second-order valence-electron chi connectivity index (χ2n) is 7.95. The van der Waals surface area contributed by atoms with Gasteiger partial charge in [0.15, 0.2) is 0 Å². The van der Waals surface area contributed by atoms with Crippen LogP contribution < -0.4 is 0 Å². The van der Waals surface area contributed by atoms with E-state index in [-0.39, 0.29) is 0 Å². The molecule has 144 valence electrons. The first-order valence-corrected chi connectivity index (χ1v) is 11.8. The molecule has 3 aromatic carbocycles. The number of imidazole rings is 1. The highest BCUT2D eigenvalue weighted by Gasteiger charge is 2.15. The minimum Gasteiger partial charge on any atom is -0.299 e. The molecule has 0 radical (unpaired) electrons. The third kappa shape index (κ3) is 2.02. The highest BCUT2D eigenvalue weighted by Crippen LogP contribution is 2.43. The Morgan fingerprint density at radius 3 is 2.32 bits per heavy atom. The molecule has 0 unspecified atom stereocenters. The van der Waals surface area contributed by atoms with Gasteiger partial charge in [-0.1, -0.05) is 18.2 Å². The average molecular weight is 432 g/mol. The van der Waals surface area contributed by atoms with Crippen LogP contribution >= 0.6 is 22.7 Å². The third-order valence-corrected chi connectivity index (χ3v) is 8.59. The standard InChI is InChI=1S/C26H13N3S2/c1-2-4-22-15(3-1)18-10-24-19(11-23(18)30-22)17-9-16-14-5-6-27-13-20(14)26-28-7-8-29(26)21(16)12-25(17)31-24/h1-13H. The summed E-state index contributed by atoms with van der Waals surface area (Å²) in [6, 6.07) is 20.3. The Bertz CT molecular complexity index is 2010. The molecule has 31 heavy (non-hydrogen) atoms. The van der Waals surface area contributed by atoms with Crippen LogP contribution in [0.25, 0.3) is 67.7 Å². The van der Waals surface area contributed by atoms with Crippen LogP contribution in [0.4, 0.5) is 0 Å². The van der Waals surface area contributed by atoms with Crippen LogP contribution in [0, 0.1) is 0 Å². The van der Waals surface area contributed by atoms with E-state index >= 15 is 0 Å². The van der Waals surface area contributed by atoms with E-state index in [1.807, 2.05) is 47.5 Å². The lowest BCUT2D eigenvalue weighted by Crippen LogP contribution is -1.90. The molecule has 5 heteroatoms. The zero-order chi connectivity index (χ0) is 20.1. The first kappa shape index (κ1) is 16.2. The van der Waals surface area contributed by atoms with Crippen molar-refractivity contribution in [2.45, 2.75) is 0 Å². The van der Waals surface area contributed by atoms with Crippen molar-refractivity contribution in [2.24, 2.45) is 0 Å². The molecular weight excluding hydrogens is 418 g/mol. The normalized spacial score (nSPS) is 12.5. The Kier molecular flexibility index (Phi) is 2.91. The van der Waals surface area contributed by atoms with Crippen molar-refractivity contribution in [1.82, 2.24) is 14.4 Å². The number of benzene rings is 3. The molecule has 5 heterocycles. The van der Waals surface area contributed by atoms with Gasteiger partial charge in [-0.25, -0.2) is 4.98 Å². The first-order valence-electron chi connectivity index (χ1n) is 10.2. The van der Waals surface area contributed by atoms with E-state index in [1.54, 1.807) is 0 Å². The molecule has 8 aromatic rings. The summed E-state index contributed by atoms with van der Waals surface area (Å²) in [7, 11) is 0. The maximum atomic E-state index is 4.61. The van der Waals surface area contributed by atoms with Gasteiger partial charge in [0, 0.05) is 75.9 Å². The molecule has 0 atom stereocenters. The molecule has 0 saturated heterocycles. The van der Waals surface area contributed by atoms with Gasteiger partial charge in [0.1, 0.15) is 5.65 Å². The SMILES string of the molecule is c1ccc2c(c1)sc1cc3c(cc12)sc1cc2c(cc13)c1ccncc1c1nccn21. The van der Waals surface area contributed by atoms with E-state index in [0.29, 0.717) is 0 Å². The van der Waals surface area contributed by atoms with E-state index in [4.69, 9.17) is 0 Å². The predicted octanol–water partition coefficient (Wildman–Crippen LogP) is 7.77. The van der Waals surface area contributed by atoms with Crippen LogP contribution in [0.15, 0.2) is 79.4 Å². The highest BCUT2D eigenvalue weighted by atomic mass is 32.1. The Hall–Kier alpha value is -3.54. The van der Waals surface area contributed by atoms with Gasteiger partial charge in [-0.3, -0.25) is 9.38 Å². The molecule has 0 amide bonds. The lowest BCUT2D eigenvalue weighted by molar-refractivity contribution is 1.27. The fraction of sp³-hybridized carbons (Fsp3) is 0. The lowest BCUT2D eigenvalue weighted by atomic mass is 10.0. The van der Waals surface area contributed by atoms with Gasteiger partial charge in [-0.2, -0.15) is 0 Å². The fourth-order valence-corrected chi connectivity index (χ4v) is 7.22. The van der Waals surface area contributed by atoms with Gasteiger partial charge in [-0.05, 0) is 41.8 Å². The molecule has 0 saturated carbocycles. The molecule has 0 bridgehead atoms. The Balaban J connectivity index is 1.58. The van der Waals surface area contributed by atoms with E-state index in [0.717, 1.165) is 11.0 Å². The van der Waals surface area contributed by atoms with Crippen molar-refractivity contribution in [1.29, 1.82) is 0 Å². The fourth-order valence-electron chi connectivity index (χ4n) is 4.95. The summed E-state index contributed by atoms with van der Waals surface area (Å²) in [5.41, 5.74) is 2.15. The van der Waals surface area contributed by atoms with Gasteiger partial charge in [0.05, 0.1) is 5.52 Å². The van der Waals surface area contributed by atoms with Crippen LogP contribution in [0.2, 0.25) is 0 Å². The number of fused-ring (bicyclic) bond motifs is 12. The van der Waals surface area contributed by atoms with Gasteiger partial charge in [-0.15, -0.1) is 22.7 Å². The third-order valence-electron chi connectivity index (χ3n) is 6.34. The summed E-state index contributed by atoms with van der Waals surface area (Å²) < 4.78 is 7.55. The number of hydrogen-bond donors (Lipinski definition) is 0. The Labute approximate surface area is 183 Å². The zero-order valence-electron chi connectivity index (χ0n) is 16.2. The maximum Gasteiger partial charge on any atom is 0.146 e. The minimum atomic E-state index is 0.961.